The number of hydrogen-bond donors (Lipinski definition) is 2. The molecule has 23 heavy (non-hydrogen) atoms. The Hall–Kier alpha value is -2.82. The van der Waals surface area contributed by atoms with E-state index >= 15 is 0 Å². The van der Waals surface area contributed by atoms with Gasteiger partial charge in [-0.1, -0.05) is 13.0 Å². The lowest BCUT2D eigenvalue weighted by atomic mass is 10.1. The number of H-pyrrole nitrogens is 1. The normalized spacial score (nSPS) is 10.9. The van der Waals surface area contributed by atoms with Crippen molar-refractivity contribution >= 4 is 16.8 Å². The Kier molecular flexibility index (Phi) is 4.02. The van der Waals surface area contributed by atoms with Gasteiger partial charge in [0.1, 0.15) is 6.26 Å². The molecule has 5 nitrogen and oxygen atoms in total. The molecule has 0 unspecified atom stereocenters. The number of benzene rings is 1. The van der Waals surface area contributed by atoms with E-state index in [4.69, 9.17) is 4.42 Å². The van der Waals surface area contributed by atoms with E-state index in [2.05, 4.69) is 30.2 Å². The predicted molar refractivity (Wildman–Crippen MR) is 88.6 cm³/mol. The standard InChI is InChI=1S/C18H18N2O3/c1-3-15-11(2)14-8-12(4-6-16(14)20-15)9-19-18(22)13-5-7-17(21)23-10-13/h4-8,10,20H,3,9H2,1-2H3,(H,19,22). The molecule has 118 valence electrons. The molecule has 2 N–H and O–H groups in total. The minimum absolute atomic E-state index is 0.270. The average molecular weight is 310 g/mol. The molecule has 0 fully saturated rings. The lowest BCUT2D eigenvalue weighted by Crippen LogP contribution is -2.23. The summed E-state index contributed by atoms with van der Waals surface area (Å²) in [5.74, 6) is -0.270. The first-order chi connectivity index (χ1) is 11.1. The molecular weight excluding hydrogens is 292 g/mol. The SMILES string of the molecule is CCc1[nH]c2ccc(CNC(=O)c3ccc(=O)oc3)cc2c1C. The number of aromatic nitrogens is 1. The van der Waals surface area contributed by atoms with Crippen molar-refractivity contribution in [3.8, 4) is 0 Å². The number of carbonyl (C=O) groups excluding carboxylic acids is 1. The van der Waals surface area contributed by atoms with Gasteiger partial charge in [-0.3, -0.25) is 4.79 Å². The van der Waals surface area contributed by atoms with Gasteiger partial charge in [-0.25, -0.2) is 4.79 Å². The van der Waals surface area contributed by atoms with Crippen molar-refractivity contribution in [2.75, 3.05) is 0 Å². The van der Waals surface area contributed by atoms with E-state index in [9.17, 15) is 9.59 Å². The molecule has 0 aliphatic heterocycles. The average Bonchev–Trinajstić information content (AvgIpc) is 2.89. The van der Waals surface area contributed by atoms with Crippen LogP contribution in [0.15, 0.2) is 45.8 Å². The van der Waals surface area contributed by atoms with Crippen LogP contribution in [0.5, 0.6) is 0 Å². The van der Waals surface area contributed by atoms with Crippen molar-refractivity contribution in [3.63, 3.8) is 0 Å². The lowest BCUT2D eigenvalue weighted by molar-refractivity contribution is 0.0948. The van der Waals surface area contributed by atoms with Gasteiger partial charge in [0, 0.05) is 29.2 Å². The molecule has 3 aromatic rings. The first-order valence-electron chi connectivity index (χ1n) is 7.55. The number of fused-ring (bicyclic) bond motifs is 1. The van der Waals surface area contributed by atoms with Crippen LogP contribution >= 0.6 is 0 Å². The third-order valence-corrected chi connectivity index (χ3v) is 4.00. The minimum atomic E-state index is -0.471. The maximum Gasteiger partial charge on any atom is 0.335 e. The lowest BCUT2D eigenvalue weighted by Gasteiger charge is -2.05. The summed E-state index contributed by atoms with van der Waals surface area (Å²) in [5, 5.41) is 4.01. The van der Waals surface area contributed by atoms with Crippen LogP contribution in [-0.2, 0) is 13.0 Å². The topological polar surface area (TPSA) is 75.1 Å². The molecule has 0 saturated heterocycles. The second-order valence-electron chi connectivity index (χ2n) is 5.49. The van der Waals surface area contributed by atoms with Crippen molar-refractivity contribution in [1.82, 2.24) is 10.3 Å². The van der Waals surface area contributed by atoms with Gasteiger partial charge in [-0.15, -0.1) is 0 Å². The van der Waals surface area contributed by atoms with E-state index in [1.807, 2.05) is 12.1 Å². The fraction of sp³-hybridized carbons (Fsp3) is 0.222. The molecule has 0 aliphatic carbocycles. The molecule has 0 radical (unpaired) electrons. The van der Waals surface area contributed by atoms with Crippen LogP contribution in [0.4, 0.5) is 0 Å². The number of carbonyl (C=O) groups is 1. The van der Waals surface area contributed by atoms with Gasteiger partial charge in [-0.2, -0.15) is 0 Å². The van der Waals surface area contributed by atoms with Crippen molar-refractivity contribution in [1.29, 1.82) is 0 Å². The molecule has 3 rings (SSSR count). The van der Waals surface area contributed by atoms with Crippen molar-refractivity contribution in [3.05, 3.63) is 69.4 Å². The summed E-state index contributed by atoms with van der Waals surface area (Å²) in [6.07, 6.45) is 2.14. The molecule has 2 aromatic heterocycles. The van der Waals surface area contributed by atoms with Crippen LogP contribution in [-0.4, -0.2) is 10.9 Å². The number of amides is 1. The predicted octanol–water partition coefficient (Wildman–Crippen LogP) is 2.92. The van der Waals surface area contributed by atoms with E-state index in [0.29, 0.717) is 12.1 Å². The molecule has 5 heteroatoms. The van der Waals surface area contributed by atoms with Crippen molar-refractivity contribution in [2.24, 2.45) is 0 Å². The van der Waals surface area contributed by atoms with Gasteiger partial charge in [0.2, 0.25) is 0 Å². The third kappa shape index (κ3) is 3.04. The number of aryl methyl sites for hydroxylation is 2. The molecule has 2 heterocycles. The van der Waals surface area contributed by atoms with Crippen LogP contribution < -0.4 is 10.9 Å². The Morgan fingerprint density at radius 3 is 2.78 bits per heavy atom. The Morgan fingerprint density at radius 2 is 2.09 bits per heavy atom. The Balaban J connectivity index is 1.76. The fourth-order valence-corrected chi connectivity index (χ4v) is 2.66. The summed E-state index contributed by atoms with van der Waals surface area (Å²) in [4.78, 5) is 26.3. The highest BCUT2D eigenvalue weighted by Gasteiger charge is 2.09. The maximum atomic E-state index is 12.0. The number of hydrogen-bond acceptors (Lipinski definition) is 3. The second-order valence-corrected chi connectivity index (χ2v) is 5.49. The van der Waals surface area contributed by atoms with Crippen molar-refractivity contribution < 1.29 is 9.21 Å². The molecule has 0 aliphatic rings. The highest BCUT2D eigenvalue weighted by Crippen LogP contribution is 2.23. The van der Waals surface area contributed by atoms with E-state index in [0.717, 1.165) is 17.5 Å². The van der Waals surface area contributed by atoms with E-state index in [1.165, 1.54) is 35.0 Å². The van der Waals surface area contributed by atoms with Crippen LogP contribution in [0.3, 0.4) is 0 Å². The zero-order chi connectivity index (χ0) is 16.4. The van der Waals surface area contributed by atoms with E-state index in [-0.39, 0.29) is 5.91 Å². The van der Waals surface area contributed by atoms with Crippen LogP contribution in [0, 0.1) is 6.92 Å². The molecule has 0 bridgehead atoms. The van der Waals surface area contributed by atoms with Gasteiger partial charge in [0.15, 0.2) is 0 Å². The molecular formula is C18H18N2O3. The minimum Gasteiger partial charge on any atom is -0.430 e. The second kappa shape index (κ2) is 6.12. The fourth-order valence-electron chi connectivity index (χ4n) is 2.66. The summed E-state index contributed by atoms with van der Waals surface area (Å²) >= 11 is 0. The summed E-state index contributed by atoms with van der Waals surface area (Å²) < 4.78 is 4.70. The summed E-state index contributed by atoms with van der Waals surface area (Å²) in [7, 11) is 0. The summed E-state index contributed by atoms with van der Waals surface area (Å²) in [6.45, 7) is 4.64. The highest BCUT2D eigenvalue weighted by molar-refractivity contribution is 5.93. The number of nitrogens with one attached hydrogen (secondary N) is 2. The largest absolute Gasteiger partial charge is 0.430 e. The highest BCUT2D eigenvalue weighted by atomic mass is 16.4. The van der Waals surface area contributed by atoms with E-state index in [1.54, 1.807) is 0 Å². The maximum absolute atomic E-state index is 12.0. The number of aromatic amines is 1. The van der Waals surface area contributed by atoms with Gasteiger partial charge in [0.05, 0.1) is 5.56 Å². The van der Waals surface area contributed by atoms with Gasteiger partial charge in [-0.05, 0) is 42.7 Å². The molecule has 0 spiro atoms. The first kappa shape index (κ1) is 15.1. The monoisotopic (exact) mass is 310 g/mol. The van der Waals surface area contributed by atoms with Crippen LogP contribution in [0.2, 0.25) is 0 Å². The van der Waals surface area contributed by atoms with E-state index < -0.39 is 5.63 Å². The molecule has 0 saturated carbocycles. The van der Waals surface area contributed by atoms with Gasteiger partial charge in [0.25, 0.3) is 5.91 Å². The Labute approximate surface area is 133 Å². The summed E-state index contributed by atoms with van der Waals surface area (Å²) in [5.41, 5.74) is 4.48. The van der Waals surface area contributed by atoms with Gasteiger partial charge < -0.3 is 14.7 Å². The van der Waals surface area contributed by atoms with Crippen molar-refractivity contribution in [2.45, 2.75) is 26.8 Å². The quantitative estimate of drug-likeness (QED) is 0.778. The Morgan fingerprint density at radius 1 is 1.26 bits per heavy atom. The third-order valence-electron chi connectivity index (χ3n) is 4.00. The zero-order valence-electron chi connectivity index (χ0n) is 13.1. The van der Waals surface area contributed by atoms with Crippen LogP contribution in [0.25, 0.3) is 10.9 Å². The molecule has 1 amide bonds. The number of rotatable bonds is 4. The first-order valence-corrected chi connectivity index (χ1v) is 7.55. The smallest absolute Gasteiger partial charge is 0.335 e. The Bertz CT molecular complexity index is 901. The van der Waals surface area contributed by atoms with Crippen LogP contribution in [0.1, 0.15) is 34.1 Å². The zero-order valence-corrected chi connectivity index (χ0v) is 13.1. The summed E-state index contributed by atoms with van der Waals surface area (Å²) in [6, 6.07) is 8.80. The van der Waals surface area contributed by atoms with Gasteiger partial charge >= 0.3 is 5.63 Å². The molecule has 1 aromatic carbocycles. The molecule has 0 atom stereocenters.